The van der Waals surface area contributed by atoms with Gasteiger partial charge in [-0.05, 0) is 55.0 Å². The predicted octanol–water partition coefficient (Wildman–Crippen LogP) is 2.46. The Labute approximate surface area is 224 Å². The summed E-state index contributed by atoms with van der Waals surface area (Å²) in [6, 6.07) is 11.4. The molecule has 0 spiro atoms. The van der Waals surface area contributed by atoms with Crippen molar-refractivity contribution in [3.8, 4) is 5.75 Å². The van der Waals surface area contributed by atoms with E-state index in [0.29, 0.717) is 38.1 Å². The zero-order chi connectivity index (χ0) is 27.7. The maximum Gasteiger partial charge on any atom is 0.243 e. The summed E-state index contributed by atoms with van der Waals surface area (Å²) in [7, 11) is 1.59. The number of benzene rings is 2. The molecule has 0 saturated carbocycles. The van der Waals surface area contributed by atoms with E-state index in [2.05, 4.69) is 16.0 Å². The van der Waals surface area contributed by atoms with Gasteiger partial charge >= 0.3 is 0 Å². The molecule has 3 rings (SSSR count). The topological polar surface area (TPSA) is 99.8 Å². The third-order valence-electron chi connectivity index (χ3n) is 6.85. The molecule has 0 bridgehead atoms. The van der Waals surface area contributed by atoms with Crippen LogP contribution in [0.1, 0.15) is 38.3 Å². The highest BCUT2D eigenvalue weighted by Gasteiger charge is 2.32. The van der Waals surface area contributed by atoms with Crippen molar-refractivity contribution >= 4 is 17.7 Å². The zero-order valence-electron chi connectivity index (χ0n) is 22.6. The standard InChI is InChI=1S/C29H39FN4O4/c1-19(2)26-29(37)34(4)20(3)27(35)33-24(18-21-11-13-23(30)14-12-21)28(36)32-15-7-9-22-8-5-6-10-25(22)38-17-16-31-26/h5-6,8,10-14,19-20,24,26,31H,7,9,15-18H2,1-4H3,(H,32,36)(H,33,35)/t20-,24-,26+/m1/s1. The number of hydrogen-bond donors (Lipinski definition) is 3. The van der Waals surface area contributed by atoms with Crippen molar-refractivity contribution < 1.29 is 23.5 Å². The average molecular weight is 527 g/mol. The molecule has 38 heavy (non-hydrogen) atoms. The van der Waals surface area contributed by atoms with E-state index in [1.165, 1.54) is 17.0 Å². The molecule has 1 aliphatic heterocycles. The van der Waals surface area contributed by atoms with E-state index in [-0.39, 0.29) is 30.0 Å². The number of amides is 3. The number of hydrogen-bond acceptors (Lipinski definition) is 5. The number of halogens is 1. The van der Waals surface area contributed by atoms with Gasteiger partial charge in [0.2, 0.25) is 17.7 Å². The Bertz CT molecular complexity index is 1090. The summed E-state index contributed by atoms with van der Waals surface area (Å²) < 4.78 is 19.4. The van der Waals surface area contributed by atoms with Gasteiger partial charge in [-0.3, -0.25) is 14.4 Å². The Kier molecular flexibility index (Phi) is 10.6. The highest BCUT2D eigenvalue weighted by atomic mass is 19.1. The van der Waals surface area contributed by atoms with Crippen molar-refractivity contribution in [1.29, 1.82) is 0 Å². The summed E-state index contributed by atoms with van der Waals surface area (Å²) in [5, 5.41) is 9.01. The van der Waals surface area contributed by atoms with Gasteiger partial charge in [0, 0.05) is 26.6 Å². The molecule has 1 aliphatic rings. The third kappa shape index (κ3) is 8.02. The molecule has 2 aromatic carbocycles. The lowest BCUT2D eigenvalue weighted by Gasteiger charge is -2.31. The molecular weight excluding hydrogens is 487 g/mol. The number of nitrogens with one attached hydrogen (secondary N) is 3. The molecule has 9 heteroatoms. The van der Waals surface area contributed by atoms with Crippen LogP contribution in [0.3, 0.4) is 0 Å². The van der Waals surface area contributed by atoms with Crippen molar-refractivity contribution in [1.82, 2.24) is 20.9 Å². The van der Waals surface area contributed by atoms with Gasteiger partial charge in [-0.1, -0.05) is 44.2 Å². The fraction of sp³-hybridized carbons (Fsp3) is 0.483. The second-order valence-corrected chi connectivity index (χ2v) is 10.0. The molecule has 0 radical (unpaired) electrons. The van der Waals surface area contributed by atoms with Crippen LogP contribution in [0.2, 0.25) is 0 Å². The quantitative estimate of drug-likeness (QED) is 0.571. The Balaban J connectivity index is 1.84. The van der Waals surface area contributed by atoms with Crippen LogP contribution >= 0.6 is 0 Å². The van der Waals surface area contributed by atoms with Gasteiger partial charge < -0.3 is 25.6 Å². The van der Waals surface area contributed by atoms with Gasteiger partial charge in [0.25, 0.3) is 0 Å². The minimum Gasteiger partial charge on any atom is -0.492 e. The summed E-state index contributed by atoms with van der Waals surface area (Å²) >= 11 is 0. The molecule has 1 heterocycles. The van der Waals surface area contributed by atoms with Gasteiger partial charge in [0.15, 0.2) is 0 Å². The summed E-state index contributed by atoms with van der Waals surface area (Å²) in [4.78, 5) is 41.1. The van der Waals surface area contributed by atoms with E-state index in [1.54, 1.807) is 26.1 Å². The van der Waals surface area contributed by atoms with Gasteiger partial charge in [-0.2, -0.15) is 0 Å². The minimum atomic E-state index is -0.882. The predicted molar refractivity (Wildman–Crippen MR) is 144 cm³/mol. The first-order valence-electron chi connectivity index (χ1n) is 13.2. The van der Waals surface area contributed by atoms with Crippen LogP contribution in [0.5, 0.6) is 5.75 Å². The number of carbonyl (C=O) groups is 3. The van der Waals surface area contributed by atoms with Crippen LogP contribution in [0.25, 0.3) is 0 Å². The number of para-hydroxylation sites is 1. The Morgan fingerprint density at radius 1 is 1.03 bits per heavy atom. The monoisotopic (exact) mass is 526 g/mol. The molecule has 0 aromatic heterocycles. The lowest BCUT2D eigenvalue weighted by Crippen LogP contribution is -2.57. The Morgan fingerprint density at radius 2 is 1.74 bits per heavy atom. The van der Waals surface area contributed by atoms with Crippen LogP contribution in [0, 0.1) is 11.7 Å². The van der Waals surface area contributed by atoms with E-state index in [0.717, 1.165) is 11.3 Å². The van der Waals surface area contributed by atoms with Crippen LogP contribution in [-0.4, -0.2) is 67.5 Å². The molecule has 0 unspecified atom stereocenters. The van der Waals surface area contributed by atoms with Crippen molar-refractivity contribution in [2.75, 3.05) is 26.7 Å². The second kappa shape index (κ2) is 13.9. The van der Waals surface area contributed by atoms with Crippen LogP contribution in [0.15, 0.2) is 48.5 Å². The van der Waals surface area contributed by atoms with Crippen molar-refractivity contribution in [3.63, 3.8) is 0 Å². The largest absolute Gasteiger partial charge is 0.492 e. The number of nitrogens with zero attached hydrogens (tertiary/aromatic N) is 1. The zero-order valence-corrected chi connectivity index (χ0v) is 22.6. The number of likely N-dealkylation sites (N-methyl/N-ethyl adjacent to an activating group) is 1. The molecule has 8 nitrogen and oxygen atoms in total. The molecule has 206 valence electrons. The normalized spacial score (nSPS) is 22.5. The van der Waals surface area contributed by atoms with Gasteiger partial charge in [0.05, 0.1) is 6.04 Å². The summed E-state index contributed by atoms with van der Waals surface area (Å²) in [6.07, 6.45) is 1.58. The molecule has 3 atom stereocenters. The number of fused-ring (bicyclic) bond motifs is 1. The van der Waals surface area contributed by atoms with Gasteiger partial charge in [-0.25, -0.2) is 4.39 Å². The second-order valence-electron chi connectivity index (χ2n) is 10.0. The smallest absolute Gasteiger partial charge is 0.243 e. The molecular formula is C29H39FN4O4. The maximum atomic E-state index is 13.4. The van der Waals surface area contributed by atoms with Crippen molar-refractivity contribution in [3.05, 3.63) is 65.5 Å². The summed E-state index contributed by atoms with van der Waals surface area (Å²) in [5.74, 6) is -0.612. The van der Waals surface area contributed by atoms with Crippen molar-refractivity contribution in [2.45, 2.75) is 58.2 Å². The van der Waals surface area contributed by atoms with Crippen LogP contribution in [0.4, 0.5) is 4.39 Å². The highest BCUT2D eigenvalue weighted by molar-refractivity contribution is 5.93. The van der Waals surface area contributed by atoms with E-state index in [9.17, 15) is 18.8 Å². The fourth-order valence-electron chi connectivity index (χ4n) is 4.39. The van der Waals surface area contributed by atoms with Crippen molar-refractivity contribution in [2.24, 2.45) is 5.92 Å². The Hall–Kier alpha value is -3.46. The molecule has 2 aromatic rings. The molecule has 3 N–H and O–H groups in total. The molecule has 3 amide bonds. The third-order valence-corrected chi connectivity index (χ3v) is 6.85. The molecule has 0 aliphatic carbocycles. The Morgan fingerprint density at radius 3 is 2.45 bits per heavy atom. The SMILES string of the molecule is CC(C)[C@@H]1NCCOc2ccccc2CCCNC(=O)[C@@H](Cc2ccc(F)cc2)NC(=O)[C@@H](C)N(C)C1=O. The first-order chi connectivity index (χ1) is 18.2. The van der Waals surface area contributed by atoms with E-state index >= 15 is 0 Å². The van der Waals surface area contributed by atoms with E-state index in [4.69, 9.17) is 4.74 Å². The van der Waals surface area contributed by atoms with Crippen LogP contribution < -0.4 is 20.7 Å². The lowest BCUT2D eigenvalue weighted by atomic mass is 10.0. The first-order valence-corrected chi connectivity index (χ1v) is 13.2. The number of rotatable bonds is 3. The molecule has 0 fully saturated rings. The van der Waals surface area contributed by atoms with E-state index in [1.807, 2.05) is 38.1 Å². The lowest BCUT2D eigenvalue weighted by molar-refractivity contribution is -0.141. The first kappa shape index (κ1) is 29.1. The maximum absolute atomic E-state index is 13.4. The summed E-state index contributed by atoms with van der Waals surface area (Å²) in [6.45, 7) is 6.78. The van der Waals surface area contributed by atoms with Crippen LogP contribution in [-0.2, 0) is 27.2 Å². The fourth-order valence-corrected chi connectivity index (χ4v) is 4.39. The number of ether oxygens (including phenoxy) is 1. The number of carbonyl (C=O) groups excluding carboxylic acids is 3. The number of aryl methyl sites for hydroxylation is 1. The highest BCUT2D eigenvalue weighted by Crippen LogP contribution is 2.19. The summed E-state index contributed by atoms with van der Waals surface area (Å²) in [5.41, 5.74) is 1.74. The minimum absolute atomic E-state index is 0.0184. The van der Waals surface area contributed by atoms with Gasteiger partial charge in [-0.15, -0.1) is 0 Å². The van der Waals surface area contributed by atoms with E-state index < -0.39 is 24.0 Å². The average Bonchev–Trinajstić information content (AvgIpc) is 2.90. The van der Waals surface area contributed by atoms with Gasteiger partial charge in [0.1, 0.15) is 30.3 Å². The molecule has 0 saturated heterocycles.